The largest absolute Gasteiger partial charge is 0.338 e. The normalized spacial score (nSPS) is 11.1. The number of benzene rings is 1. The molecule has 1 aromatic heterocycles. The molecule has 0 saturated heterocycles. The number of H-pyrrole nitrogens is 1. The zero-order valence-corrected chi connectivity index (χ0v) is 13.6. The maximum atomic E-state index is 12.3. The molecule has 0 atom stereocenters. The van der Waals surface area contributed by atoms with E-state index in [4.69, 9.17) is 0 Å². The maximum Gasteiger partial charge on any atom is 0.253 e. The number of nitrogens with zero attached hydrogens (tertiary/aromatic N) is 1. The van der Waals surface area contributed by atoms with Crippen molar-refractivity contribution in [3.63, 3.8) is 0 Å². The number of pyridine rings is 1. The highest BCUT2D eigenvalue weighted by Gasteiger charge is 2.18. The molecule has 0 radical (unpaired) electrons. The van der Waals surface area contributed by atoms with E-state index in [1.165, 1.54) is 0 Å². The summed E-state index contributed by atoms with van der Waals surface area (Å²) in [5.41, 5.74) is 1.35. The lowest BCUT2D eigenvalue weighted by atomic mass is 10.1. The number of para-hydroxylation sites is 1. The van der Waals surface area contributed by atoms with Crippen molar-refractivity contribution in [3.05, 3.63) is 46.2 Å². The molecule has 0 bridgehead atoms. The van der Waals surface area contributed by atoms with Crippen LogP contribution in [0.3, 0.4) is 0 Å². The molecule has 1 heterocycles. The summed E-state index contributed by atoms with van der Waals surface area (Å²) >= 11 is 0. The van der Waals surface area contributed by atoms with Crippen molar-refractivity contribution in [1.82, 2.24) is 9.88 Å². The van der Waals surface area contributed by atoms with Crippen LogP contribution >= 0.6 is 0 Å². The molecule has 118 valence electrons. The molecule has 2 aromatic rings. The monoisotopic (exact) mass is 300 g/mol. The van der Waals surface area contributed by atoms with Crippen molar-refractivity contribution < 1.29 is 4.79 Å². The second kappa shape index (κ2) is 7.25. The fourth-order valence-electron chi connectivity index (χ4n) is 2.50. The Morgan fingerprint density at radius 3 is 2.68 bits per heavy atom. The molecule has 1 amide bonds. The summed E-state index contributed by atoms with van der Waals surface area (Å²) in [6.07, 6.45) is 1.97. The van der Waals surface area contributed by atoms with E-state index in [1.807, 2.05) is 44.2 Å². The van der Waals surface area contributed by atoms with E-state index in [1.54, 1.807) is 4.90 Å². The number of nitrogens with one attached hydrogen (secondary N) is 1. The van der Waals surface area contributed by atoms with Crippen molar-refractivity contribution in [2.75, 3.05) is 6.54 Å². The van der Waals surface area contributed by atoms with E-state index in [2.05, 4.69) is 11.9 Å². The van der Waals surface area contributed by atoms with Gasteiger partial charge in [-0.3, -0.25) is 9.59 Å². The number of unbranched alkanes of at least 4 members (excludes halogenated alkanes) is 1. The Balaban J connectivity index is 2.30. The summed E-state index contributed by atoms with van der Waals surface area (Å²) in [7, 11) is 0. The molecule has 0 aliphatic rings. The van der Waals surface area contributed by atoms with E-state index < -0.39 is 0 Å². The third-order valence-electron chi connectivity index (χ3n) is 3.78. The van der Waals surface area contributed by atoms with Crippen LogP contribution in [0.4, 0.5) is 0 Å². The van der Waals surface area contributed by atoms with E-state index in [-0.39, 0.29) is 17.4 Å². The third kappa shape index (κ3) is 3.75. The molecular formula is C18H24N2O2. The van der Waals surface area contributed by atoms with Crippen LogP contribution < -0.4 is 5.56 Å². The molecular weight excluding hydrogens is 276 g/mol. The summed E-state index contributed by atoms with van der Waals surface area (Å²) < 4.78 is 0. The van der Waals surface area contributed by atoms with Gasteiger partial charge in [0.1, 0.15) is 0 Å². The summed E-state index contributed by atoms with van der Waals surface area (Å²) in [4.78, 5) is 29.3. The Bertz CT molecular complexity index is 704. The lowest BCUT2D eigenvalue weighted by Crippen LogP contribution is -2.36. The molecule has 0 fully saturated rings. The Kier molecular flexibility index (Phi) is 5.36. The second-order valence-corrected chi connectivity index (χ2v) is 5.98. The average Bonchev–Trinajstić information content (AvgIpc) is 2.50. The van der Waals surface area contributed by atoms with E-state index >= 15 is 0 Å². The highest BCUT2D eigenvalue weighted by atomic mass is 16.2. The average molecular weight is 300 g/mol. The van der Waals surface area contributed by atoms with Gasteiger partial charge in [-0.1, -0.05) is 45.4 Å². The molecule has 4 nitrogen and oxygen atoms in total. The molecule has 0 aliphatic carbocycles. The van der Waals surface area contributed by atoms with Crippen LogP contribution in [0.2, 0.25) is 0 Å². The molecule has 0 spiro atoms. The minimum Gasteiger partial charge on any atom is -0.338 e. The van der Waals surface area contributed by atoms with Crippen molar-refractivity contribution >= 4 is 16.8 Å². The van der Waals surface area contributed by atoms with Gasteiger partial charge in [-0.2, -0.15) is 0 Å². The van der Waals surface area contributed by atoms with Crippen LogP contribution in [-0.4, -0.2) is 22.3 Å². The van der Waals surface area contributed by atoms with Gasteiger partial charge in [0.05, 0.1) is 6.54 Å². The lowest BCUT2D eigenvalue weighted by molar-refractivity contribution is -0.135. The number of amides is 1. The Morgan fingerprint density at radius 1 is 1.27 bits per heavy atom. The zero-order chi connectivity index (χ0) is 16.1. The highest BCUT2D eigenvalue weighted by molar-refractivity contribution is 5.80. The van der Waals surface area contributed by atoms with Gasteiger partial charge in [0, 0.05) is 23.5 Å². The quantitative estimate of drug-likeness (QED) is 0.890. The van der Waals surface area contributed by atoms with Crippen molar-refractivity contribution in [3.8, 4) is 0 Å². The molecule has 4 heteroatoms. The zero-order valence-electron chi connectivity index (χ0n) is 13.6. The summed E-state index contributed by atoms with van der Waals surface area (Å²) in [5.74, 6) is 0.0393. The molecule has 0 unspecified atom stereocenters. The number of aromatic nitrogens is 1. The first-order valence-corrected chi connectivity index (χ1v) is 7.92. The number of carbonyl (C=O) groups is 1. The van der Waals surface area contributed by atoms with Gasteiger partial charge in [0.2, 0.25) is 5.91 Å². The fourth-order valence-corrected chi connectivity index (χ4v) is 2.50. The minimum absolute atomic E-state index is 0.0589. The molecule has 1 aromatic carbocycles. The van der Waals surface area contributed by atoms with Crippen molar-refractivity contribution in [2.24, 2.45) is 5.92 Å². The van der Waals surface area contributed by atoms with Gasteiger partial charge in [0.25, 0.3) is 5.56 Å². The van der Waals surface area contributed by atoms with Gasteiger partial charge < -0.3 is 9.88 Å². The summed E-state index contributed by atoms with van der Waals surface area (Å²) in [6, 6.07) is 9.58. The Hall–Kier alpha value is -2.10. The van der Waals surface area contributed by atoms with Gasteiger partial charge in [0.15, 0.2) is 0 Å². The van der Waals surface area contributed by atoms with Gasteiger partial charge >= 0.3 is 0 Å². The number of rotatable bonds is 6. The second-order valence-electron chi connectivity index (χ2n) is 5.98. The van der Waals surface area contributed by atoms with Gasteiger partial charge in [-0.15, -0.1) is 0 Å². The standard InChI is InChI=1S/C18H24N2O2/c1-4-5-10-20(18(22)13(2)3)12-15-11-14-8-6-7-9-16(14)19-17(15)21/h6-9,11,13H,4-5,10,12H2,1-3H3,(H,19,21). The van der Waals surface area contributed by atoms with Gasteiger partial charge in [-0.05, 0) is 23.9 Å². The molecule has 1 N–H and O–H groups in total. The third-order valence-corrected chi connectivity index (χ3v) is 3.78. The van der Waals surface area contributed by atoms with Crippen molar-refractivity contribution in [2.45, 2.75) is 40.2 Å². The first-order chi connectivity index (χ1) is 10.5. The number of hydrogen-bond donors (Lipinski definition) is 1. The topological polar surface area (TPSA) is 53.2 Å². The van der Waals surface area contributed by atoms with Crippen LogP contribution in [0.15, 0.2) is 35.1 Å². The predicted octanol–water partition coefficient (Wildman–Crippen LogP) is 3.31. The summed E-state index contributed by atoms with van der Waals surface area (Å²) in [5, 5.41) is 0.990. The van der Waals surface area contributed by atoms with Crippen LogP contribution in [0.1, 0.15) is 39.2 Å². The maximum absolute atomic E-state index is 12.3. The molecule has 22 heavy (non-hydrogen) atoms. The highest BCUT2D eigenvalue weighted by Crippen LogP contribution is 2.13. The van der Waals surface area contributed by atoms with Crippen molar-refractivity contribution in [1.29, 1.82) is 0 Å². The predicted molar refractivity (Wildman–Crippen MR) is 89.7 cm³/mol. The number of aromatic amines is 1. The lowest BCUT2D eigenvalue weighted by Gasteiger charge is -2.24. The first kappa shape index (κ1) is 16.3. The van der Waals surface area contributed by atoms with Gasteiger partial charge in [-0.25, -0.2) is 0 Å². The van der Waals surface area contributed by atoms with E-state index in [0.717, 1.165) is 23.7 Å². The smallest absolute Gasteiger partial charge is 0.253 e. The Labute approximate surface area is 131 Å². The number of carbonyl (C=O) groups excluding carboxylic acids is 1. The van der Waals surface area contributed by atoms with Crippen LogP contribution in [0.25, 0.3) is 10.9 Å². The first-order valence-electron chi connectivity index (χ1n) is 7.92. The van der Waals surface area contributed by atoms with Crippen LogP contribution in [0, 0.1) is 5.92 Å². The van der Waals surface area contributed by atoms with E-state index in [9.17, 15) is 9.59 Å². The number of hydrogen-bond acceptors (Lipinski definition) is 2. The minimum atomic E-state index is -0.114. The Morgan fingerprint density at radius 2 is 2.00 bits per heavy atom. The van der Waals surface area contributed by atoms with Crippen LogP contribution in [0.5, 0.6) is 0 Å². The van der Waals surface area contributed by atoms with Crippen LogP contribution in [-0.2, 0) is 11.3 Å². The molecule has 2 rings (SSSR count). The molecule has 0 aliphatic heterocycles. The summed E-state index contributed by atoms with van der Waals surface area (Å²) in [6.45, 7) is 6.95. The van der Waals surface area contributed by atoms with E-state index in [0.29, 0.717) is 18.7 Å². The molecule has 0 saturated carbocycles. The number of fused-ring (bicyclic) bond motifs is 1. The fraction of sp³-hybridized carbons (Fsp3) is 0.444. The SMILES string of the molecule is CCCCN(Cc1cc2ccccc2[nH]c1=O)C(=O)C(C)C.